The average molecular weight is 395 g/mol. The van der Waals surface area contributed by atoms with Crippen molar-refractivity contribution in [3.05, 3.63) is 52.5 Å². The molecule has 5 nitrogen and oxygen atoms in total. The first-order chi connectivity index (χ1) is 12.3. The number of rotatable bonds is 4. The molecule has 1 fully saturated rings. The number of aryl methyl sites for hydroxylation is 2. The van der Waals surface area contributed by atoms with E-state index < -0.39 is 10.0 Å². The van der Waals surface area contributed by atoms with Crippen molar-refractivity contribution in [2.45, 2.75) is 18.7 Å². The summed E-state index contributed by atoms with van der Waals surface area (Å²) in [4.78, 5) is 2.44. The van der Waals surface area contributed by atoms with Crippen LogP contribution in [0.4, 0.5) is 5.69 Å². The fourth-order valence-electron chi connectivity index (χ4n) is 3.19. The van der Waals surface area contributed by atoms with Crippen LogP contribution in [0.15, 0.2) is 41.3 Å². The second-order valence-corrected chi connectivity index (χ2v) is 8.82. The van der Waals surface area contributed by atoms with E-state index in [2.05, 4.69) is 36.9 Å². The lowest BCUT2D eigenvalue weighted by molar-refractivity contribution is 0.384. The van der Waals surface area contributed by atoms with Gasteiger partial charge in [0.05, 0.1) is 17.0 Å². The van der Waals surface area contributed by atoms with Gasteiger partial charge in [0, 0.05) is 31.9 Å². The zero-order chi connectivity index (χ0) is 18.9. The van der Waals surface area contributed by atoms with E-state index in [-0.39, 0.29) is 4.90 Å². The minimum absolute atomic E-state index is 0.198. The molecule has 3 rings (SSSR count). The van der Waals surface area contributed by atoms with Crippen LogP contribution in [-0.4, -0.2) is 46.0 Å². The third kappa shape index (κ3) is 3.68. The molecule has 0 spiro atoms. The summed E-state index contributed by atoms with van der Waals surface area (Å²) in [6, 6.07) is 10.9. The van der Waals surface area contributed by atoms with Crippen molar-refractivity contribution in [3.63, 3.8) is 0 Å². The predicted molar refractivity (Wildman–Crippen MR) is 105 cm³/mol. The van der Waals surface area contributed by atoms with E-state index in [0.717, 1.165) is 0 Å². The Balaban J connectivity index is 1.76. The lowest BCUT2D eigenvalue weighted by atomic mass is 10.1. The molecular formula is C19H23ClN2O3S. The quantitative estimate of drug-likeness (QED) is 0.796. The maximum Gasteiger partial charge on any atom is 0.243 e. The number of anilines is 1. The summed E-state index contributed by atoms with van der Waals surface area (Å²) in [6.07, 6.45) is 0. The Bertz CT molecular complexity index is 907. The Kier molecular flexibility index (Phi) is 5.46. The summed E-state index contributed by atoms with van der Waals surface area (Å²) in [5.74, 6) is 0.463. The molecule has 1 aliphatic rings. The SMILES string of the molecule is COc1ccc(S(=O)(=O)N2CCN(c3cc(C)ccc3C)CC2)cc1Cl. The van der Waals surface area contributed by atoms with Crippen LogP contribution in [0.5, 0.6) is 5.75 Å². The standard InChI is InChI=1S/C19H23ClN2O3S/c1-14-4-5-15(2)18(12-14)21-8-10-22(11-9-21)26(23,24)16-6-7-19(25-3)17(20)13-16/h4-7,12-13H,8-11H2,1-3H3. The third-order valence-electron chi connectivity index (χ3n) is 4.70. The van der Waals surface area contributed by atoms with Crippen molar-refractivity contribution >= 4 is 27.3 Å². The lowest BCUT2D eigenvalue weighted by Gasteiger charge is -2.36. The average Bonchev–Trinajstić information content (AvgIpc) is 2.63. The van der Waals surface area contributed by atoms with Crippen LogP contribution in [0.2, 0.25) is 5.02 Å². The Morgan fingerprint density at radius 1 is 1.00 bits per heavy atom. The number of hydrogen-bond acceptors (Lipinski definition) is 4. The number of nitrogens with zero attached hydrogens (tertiary/aromatic N) is 2. The van der Waals surface area contributed by atoms with Gasteiger partial charge in [0.1, 0.15) is 5.75 Å². The van der Waals surface area contributed by atoms with Gasteiger partial charge in [-0.15, -0.1) is 0 Å². The van der Waals surface area contributed by atoms with Gasteiger partial charge in [0.2, 0.25) is 10.0 Å². The minimum Gasteiger partial charge on any atom is -0.495 e. The van der Waals surface area contributed by atoms with Gasteiger partial charge < -0.3 is 9.64 Å². The van der Waals surface area contributed by atoms with Crippen LogP contribution in [0.1, 0.15) is 11.1 Å². The molecule has 1 heterocycles. The lowest BCUT2D eigenvalue weighted by Crippen LogP contribution is -2.48. The monoisotopic (exact) mass is 394 g/mol. The summed E-state index contributed by atoms with van der Waals surface area (Å²) in [5, 5.41) is 0.294. The van der Waals surface area contributed by atoms with Crippen molar-refractivity contribution in [1.82, 2.24) is 4.31 Å². The van der Waals surface area contributed by atoms with E-state index in [9.17, 15) is 8.42 Å². The van der Waals surface area contributed by atoms with Gasteiger partial charge in [-0.3, -0.25) is 0 Å². The molecule has 0 saturated carbocycles. The molecule has 0 unspecified atom stereocenters. The summed E-state index contributed by atoms with van der Waals surface area (Å²) in [6.45, 7) is 6.36. The molecule has 140 valence electrons. The predicted octanol–water partition coefficient (Wildman–Crippen LogP) is 3.48. The Labute approximate surface area is 160 Å². The molecule has 0 aromatic heterocycles. The van der Waals surface area contributed by atoms with Crippen molar-refractivity contribution < 1.29 is 13.2 Å². The number of piperazine rings is 1. The van der Waals surface area contributed by atoms with E-state index in [1.54, 1.807) is 6.07 Å². The van der Waals surface area contributed by atoms with E-state index in [0.29, 0.717) is 37.0 Å². The normalized spacial score (nSPS) is 15.9. The highest BCUT2D eigenvalue weighted by atomic mass is 35.5. The summed E-state index contributed by atoms with van der Waals surface area (Å²) >= 11 is 6.09. The molecule has 1 aliphatic heterocycles. The summed E-state index contributed by atoms with van der Waals surface area (Å²) in [7, 11) is -2.06. The zero-order valence-electron chi connectivity index (χ0n) is 15.2. The number of methoxy groups -OCH3 is 1. The van der Waals surface area contributed by atoms with E-state index in [1.165, 1.54) is 40.4 Å². The number of ether oxygens (including phenoxy) is 1. The fraction of sp³-hybridized carbons (Fsp3) is 0.368. The number of halogens is 1. The maximum atomic E-state index is 12.9. The van der Waals surface area contributed by atoms with Crippen LogP contribution in [-0.2, 0) is 10.0 Å². The Hall–Kier alpha value is -1.76. The second-order valence-electron chi connectivity index (χ2n) is 6.48. The van der Waals surface area contributed by atoms with E-state index in [1.807, 2.05) is 0 Å². The number of benzene rings is 2. The highest BCUT2D eigenvalue weighted by Crippen LogP contribution is 2.29. The molecule has 0 radical (unpaired) electrons. The van der Waals surface area contributed by atoms with Crippen LogP contribution >= 0.6 is 11.6 Å². The largest absolute Gasteiger partial charge is 0.495 e. The highest BCUT2D eigenvalue weighted by molar-refractivity contribution is 7.89. The molecule has 0 atom stereocenters. The first kappa shape index (κ1) is 19.0. The number of hydrogen-bond donors (Lipinski definition) is 0. The molecule has 0 bridgehead atoms. The smallest absolute Gasteiger partial charge is 0.243 e. The Morgan fingerprint density at radius 2 is 1.69 bits per heavy atom. The zero-order valence-corrected chi connectivity index (χ0v) is 16.8. The van der Waals surface area contributed by atoms with Crippen molar-refractivity contribution in [1.29, 1.82) is 0 Å². The van der Waals surface area contributed by atoms with Crippen LogP contribution in [0.3, 0.4) is 0 Å². The first-order valence-electron chi connectivity index (χ1n) is 8.49. The summed E-state index contributed by atoms with van der Waals surface area (Å²) in [5.41, 5.74) is 3.58. The van der Waals surface area contributed by atoms with Crippen molar-refractivity contribution in [2.24, 2.45) is 0 Å². The fourth-order valence-corrected chi connectivity index (χ4v) is 4.96. The van der Waals surface area contributed by atoms with Crippen LogP contribution in [0, 0.1) is 13.8 Å². The molecule has 0 N–H and O–H groups in total. The molecular weight excluding hydrogens is 372 g/mol. The second kappa shape index (κ2) is 7.47. The molecule has 2 aromatic carbocycles. The van der Waals surface area contributed by atoms with Gasteiger partial charge in [-0.05, 0) is 49.2 Å². The van der Waals surface area contributed by atoms with Gasteiger partial charge in [0.15, 0.2) is 0 Å². The van der Waals surface area contributed by atoms with Gasteiger partial charge in [-0.25, -0.2) is 8.42 Å². The van der Waals surface area contributed by atoms with Crippen LogP contribution < -0.4 is 9.64 Å². The van der Waals surface area contributed by atoms with Crippen LogP contribution in [0.25, 0.3) is 0 Å². The molecule has 2 aromatic rings. The third-order valence-corrected chi connectivity index (χ3v) is 6.90. The highest BCUT2D eigenvalue weighted by Gasteiger charge is 2.29. The molecule has 26 heavy (non-hydrogen) atoms. The minimum atomic E-state index is -3.57. The van der Waals surface area contributed by atoms with Gasteiger partial charge in [-0.1, -0.05) is 23.7 Å². The maximum absolute atomic E-state index is 12.9. The van der Waals surface area contributed by atoms with Gasteiger partial charge >= 0.3 is 0 Å². The molecule has 7 heteroatoms. The first-order valence-corrected chi connectivity index (χ1v) is 10.3. The van der Waals surface area contributed by atoms with E-state index in [4.69, 9.17) is 16.3 Å². The van der Waals surface area contributed by atoms with E-state index >= 15 is 0 Å². The van der Waals surface area contributed by atoms with Gasteiger partial charge in [0.25, 0.3) is 0 Å². The molecule has 0 aliphatic carbocycles. The van der Waals surface area contributed by atoms with Crippen molar-refractivity contribution in [3.8, 4) is 5.75 Å². The molecule has 1 saturated heterocycles. The Morgan fingerprint density at radius 3 is 2.31 bits per heavy atom. The van der Waals surface area contributed by atoms with Crippen molar-refractivity contribution in [2.75, 3.05) is 38.2 Å². The number of sulfonamides is 1. The molecule has 0 amide bonds. The van der Waals surface area contributed by atoms with Gasteiger partial charge in [-0.2, -0.15) is 4.31 Å². The topological polar surface area (TPSA) is 49.9 Å². The summed E-state index contributed by atoms with van der Waals surface area (Å²) < 4.78 is 32.4.